The van der Waals surface area contributed by atoms with Crippen molar-refractivity contribution in [2.75, 3.05) is 27.9 Å². The van der Waals surface area contributed by atoms with Crippen LogP contribution in [0.2, 0.25) is 5.02 Å². The molecule has 2 aromatic rings. The molecule has 160 valence electrons. The number of hydrogen-bond acceptors (Lipinski definition) is 6. The van der Waals surface area contributed by atoms with Crippen LogP contribution in [0.5, 0.6) is 0 Å². The predicted octanol–water partition coefficient (Wildman–Crippen LogP) is 4.35. The van der Waals surface area contributed by atoms with Gasteiger partial charge < -0.3 is 19.0 Å². The number of ether oxygens (including phenoxy) is 3. The molecule has 9 heteroatoms. The van der Waals surface area contributed by atoms with Crippen LogP contribution in [0.15, 0.2) is 47.8 Å². The summed E-state index contributed by atoms with van der Waals surface area (Å²) in [6.45, 7) is -0.224. The third kappa shape index (κ3) is 5.77. The maximum atomic E-state index is 14.1. The summed E-state index contributed by atoms with van der Waals surface area (Å²) in [7, 11) is 4.04. The summed E-state index contributed by atoms with van der Waals surface area (Å²) in [4.78, 5) is 17.5. The summed E-state index contributed by atoms with van der Waals surface area (Å²) in [5.41, 5.74) is 1.14. The average Bonchev–Trinajstić information content (AvgIpc) is 2.72. The van der Waals surface area contributed by atoms with Crippen molar-refractivity contribution in [3.05, 3.63) is 76.0 Å². The molecule has 0 N–H and O–H groups in total. The highest BCUT2D eigenvalue weighted by molar-refractivity contribution is 6.32. The smallest absolute Gasteiger partial charge is 0.341 e. The highest BCUT2D eigenvalue weighted by Crippen LogP contribution is 2.28. The van der Waals surface area contributed by atoms with Gasteiger partial charge in [-0.1, -0.05) is 28.9 Å². The number of hydrogen-bond donors (Lipinski definition) is 0. The van der Waals surface area contributed by atoms with Crippen LogP contribution in [0.4, 0.5) is 8.78 Å². The topological polar surface area (TPSA) is 66.4 Å². The maximum absolute atomic E-state index is 14.1. The number of halogens is 3. The van der Waals surface area contributed by atoms with Crippen molar-refractivity contribution in [1.29, 1.82) is 0 Å². The van der Waals surface area contributed by atoms with E-state index in [1.165, 1.54) is 33.7 Å². The first-order chi connectivity index (χ1) is 14.4. The van der Waals surface area contributed by atoms with Gasteiger partial charge in [0.1, 0.15) is 29.5 Å². The van der Waals surface area contributed by atoms with Gasteiger partial charge in [-0.2, -0.15) is 0 Å². The van der Waals surface area contributed by atoms with Crippen molar-refractivity contribution >= 4 is 28.9 Å². The van der Waals surface area contributed by atoms with Crippen LogP contribution in [-0.2, 0) is 30.4 Å². The van der Waals surface area contributed by atoms with Gasteiger partial charge in [0.05, 0.1) is 27.1 Å². The lowest BCUT2D eigenvalue weighted by Gasteiger charge is -2.13. The minimum atomic E-state index is -0.802. The van der Waals surface area contributed by atoms with Crippen molar-refractivity contribution < 1.29 is 32.6 Å². The highest BCUT2D eigenvalue weighted by Gasteiger charge is 2.19. The number of carbonyl (C=O) groups is 1. The normalized spacial score (nSPS) is 11.9. The van der Waals surface area contributed by atoms with Gasteiger partial charge in [0.25, 0.3) is 0 Å². The van der Waals surface area contributed by atoms with Crippen molar-refractivity contribution in [2.24, 2.45) is 5.16 Å². The van der Waals surface area contributed by atoms with Crippen molar-refractivity contribution in [2.45, 2.75) is 6.61 Å². The zero-order valence-corrected chi connectivity index (χ0v) is 17.3. The second kappa shape index (κ2) is 11.3. The Bertz CT molecular complexity index is 962. The number of carbonyl (C=O) groups excluding carboxylic acids is 1. The van der Waals surface area contributed by atoms with Gasteiger partial charge in [-0.3, -0.25) is 0 Å². The zero-order valence-electron chi connectivity index (χ0n) is 16.6. The van der Waals surface area contributed by atoms with Crippen molar-refractivity contribution in [3.63, 3.8) is 0 Å². The fourth-order valence-electron chi connectivity index (χ4n) is 2.60. The lowest BCUT2D eigenvalue weighted by atomic mass is 10.0. The molecule has 0 atom stereocenters. The first-order valence-corrected chi connectivity index (χ1v) is 9.02. The van der Waals surface area contributed by atoms with Gasteiger partial charge in [-0.05, 0) is 18.2 Å². The van der Waals surface area contributed by atoms with E-state index in [2.05, 4.69) is 5.16 Å². The average molecular weight is 440 g/mol. The molecule has 2 rings (SSSR count). The van der Waals surface area contributed by atoms with E-state index in [0.29, 0.717) is 16.1 Å². The fourth-order valence-corrected chi connectivity index (χ4v) is 2.82. The number of rotatable bonds is 9. The molecular weight excluding hydrogens is 420 g/mol. The van der Waals surface area contributed by atoms with Gasteiger partial charge in [0.15, 0.2) is 0 Å². The van der Waals surface area contributed by atoms with E-state index in [1.807, 2.05) is 0 Å². The van der Waals surface area contributed by atoms with E-state index in [-0.39, 0.29) is 30.1 Å². The number of oxime groups is 1. The third-order valence-corrected chi connectivity index (χ3v) is 4.31. The van der Waals surface area contributed by atoms with Crippen LogP contribution in [-0.4, -0.2) is 39.6 Å². The van der Waals surface area contributed by atoms with Crippen LogP contribution in [0.25, 0.3) is 5.57 Å². The predicted molar refractivity (Wildman–Crippen MR) is 108 cm³/mol. The fraction of sp³-hybridized carbons (Fsp3) is 0.238. The highest BCUT2D eigenvalue weighted by atomic mass is 35.5. The van der Waals surface area contributed by atoms with E-state index >= 15 is 0 Å². The van der Waals surface area contributed by atoms with Gasteiger partial charge in [-0.25, -0.2) is 13.6 Å². The van der Waals surface area contributed by atoms with Crippen LogP contribution < -0.4 is 0 Å². The molecule has 0 aliphatic carbocycles. The Labute approximate surface area is 177 Å². The molecule has 0 aliphatic rings. The molecule has 30 heavy (non-hydrogen) atoms. The SMILES string of the molecule is CO/C=C(/C(=O)OC)c1cccc(Cl)c1CO/N=C(\COC)c1ccc(F)cc1F. The number of benzene rings is 2. The third-order valence-electron chi connectivity index (χ3n) is 3.96. The summed E-state index contributed by atoms with van der Waals surface area (Å²) in [6.07, 6.45) is 1.23. The quantitative estimate of drug-likeness (QED) is 0.191. The van der Waals surface area contributed by atoms with E-state index < -0.39 is 17.6 Å². The van der Waals surface area contributed by atoms with Gasteiger partial charge >= 0.3 is 5.97 Å². The molecule has 0 unspecified atom stereocenters. The van der Waals surface area contributed by atoms with E-state index in [4.69, 9.17) is 30.6 Å². The van der Waals surface area contributed by atoms with Crippen molar-refractivity contribution in [1.82, 2.24) is 0 Å². The molecule has 0 aliphatic heterocycles. The van der Waals surface area contributed by atoms with E-state index in [9.17, 15) is 13.6 Å². The maximum Gasteiger partial charge on any atom is 0.341 e. The van der Waals surface area contributed by atoms with Crippen LogP contribution >= 0.6 is 11.6 Å². The Morgan fingerprint density at radius 1 is 1.13 bits per heavy atom. The summed E-state index contributed by atoms with van der Waals surface area (Å²) < 4.78 is 42.1. The largest absolute Gasteiger partial charge is 0.503 e. The lowest BCUT2D eigenvalue weighted by Crippen LogP contribution is -2.12. The molecule has 0 heterocycles. The van der Waals surface area contributed by atoms with Gasteiger partial charge in [0, 0.05) is 34.9 Å². The first kappa shape index (κ1) is 23.3. The van der Waals surface area contributed by atoms with Crippen LogP contribution in [0.1, 0.15) is 16.7 Å². The zero-order chi connectivity index (χ0) is 22.1. The molecule has 2 aromatic carbocycles. The number of methoxy groups -OCH3 is 3. The molecule has 0 saturated carbocycles. The minimum absolute atomic E-state index is 0.0344. The Morgan fingerprint density at radius 3 is 2.53 bits per heavy atom. The monoisotopic (exact) mass is 439 g/mol. The molecule has 0 bridgehead atoms. The lowest BCUT2D eigenvalue weighted by molar-refractivity contribution is -0.133. The Hall–Kier alpha value is -2.97. The van der Waals surface area contributed by atoms with Crippen LogP contribution in [0, 0.1) is 11.6 Å². The molecular formula is C21H20ClF2NO5. The molecule has 0 amide bonds. The summed E-state index contributed by atoms with van der Waals surface area (Å²) in [5, 5.41) is 4.24. The van der Waals surface area contributed by atoms with E-state index in [1.54, 1.807) is 18.2 Å². The summed E-state index contributed by atoms with van der Waals surface area (Å²) in [6, 6.07) is 8.00. The van der Waals surface area contributed by atoms with Gasteiger partial charge in [0.2, 0.25) is 0 Å². The minimum Gasteiger partial charge on any atom is -0.503 e. The summed E-state index contributed by atoms with van der Waals surface area (Å²) >= 11 is 6.28. The van der Waals surface area contributed by atoms with E-state index in [0.717, 1.165) is 12.1 Å². The van der Waals surface area contributed by atoms with Crippen molar-refractivity contribution in [3.8, 4) is 0 Å². The standard InChI is InChI=1S/C21H20ClF2NO5/c1-27-10-17(21(26)29-3)14-5-4-6-18(22)16(14)11-30-25-20(12-28-2)15-8-7-13(23)9-19(15)24/h4-10H,11-12H2,1-3H3/b17-10+,25-20+. The van der Waals surface area contributed by atoms with Crippen LogP contribution in [0.3, 0.4) is 0 Å². The second-order valence-corrected chi connectivity index (χ2v) is 6.30. The Morgan fingerprint density at radius 2 is 1.90 bits per heavy atom. The summed E-state index contributed by atoms with van der Waals surface area (Å²) in [5.74, 6) is -2.14. The molecule has 0 aromatic heterocycles. The van der Waals surface area contributed by atoms with Gasteiger partial charge in [-0.15, -0.1) is 0 Å². The first-order valence-electron chi connectivity index (χ1n) is 8.65. The Kier molecular flexibility index (Phi) is 8.76. The molecule has 0 saturated heterocycles. The molecule has 0 radical (unpaired) electrons. The molecule has 0 spiro atoms. The number of nitrogens with zero attached hydrogens (tertiary/aromatic N) is 1. The number of esters is 1. The molecule has 0 fully saturated rings. The second-order valence-electron chi connectivity index (χ2n) is 5.89. The Balaban J connectivity index is 2.35. The molecule has 6 nitrogen and oxygen atoms in total.